The summed E-state index contributed by atoms with van der Waals surface area (Å²) in [5.74, 6) is 0. The van der Waals surface area contributed by atoms with Crippen LogP contribution in [0, 0.1) is 0 Å². The molecule has 0 aliphatic rings. The molecule has 0 spiro atoms. The molecule has 1 aromatic carbocycles. The zero-order chi connectivity index (χ0) is 13.7. The third-order valence-corrected chi connectivity index (χ3v) is 2.63. The minimum Gasteiger partial charge on any atom is -0.399 e. The molecule has 0 fully saturated rings. The molecule has 5 heteroatoms. The monoisotopic (exact) mass is 256 g/mol. The average Bonchev–Trinajstić information content (AvgIpc) is 2.40. The minimum atomic E-state index is -0.186. The summed E-state index contributed by atoms with van der Waals surface area (Å²) in [6, 6.07) is 10.7. The first kappa shape index (κ1) is 12.9. The van der Waals surface area contributed by atoms with E-state index in [9.17, 15) is 4.79 Å². The summed E-state index contributed by atoms with van der Waals surface area (Å²) in [5, 5.41) is 2.79. The predicted molar refractivity (Wildman–Crippen MR) is 75.6 cm³/mol. The van der Waals surface area contributed by atoms with Crippen molar-refractivity contribution < 1.29 is 4.79 Å². The Morgan fingerprint density at radius 2 is 2.21 bits per heavy atom. The fourth-order valence-electron chi connectivity index (χ4n) is 1.67. The molecule has 0 atom stereocenters. The second-order valence-corrected chi connectivity index (χ2v) is 4.27. The van der Waals surface area contributed by atoms with Gasteiger partial charge in [0, 0.05) is 37.4 Å². The van der Waals surface area contributed by atoms with E-state index in [0.29, 0.717) is 17.9 Å². The number of hydrogen-bond acceptors (Lipinski definition) is 3. The van der Waals surface area contributed by atoms with Crippen molar-refractivity contribution in [2.45, 2.75) is 6.54 Å². The third kappa shape index (κ3) is 3.70. The molecule has 2 aromatic rings. The van der Waals surface area contributed by atoms with Gasteiger partial charge in [-0.15, -0.1) is 0 Å². The van der Waals surface area contributed by atoms with E-state index in [1.807, 2.05) is 12.1 Å². The molecule has 19 heavy (non-hydrogen) atoms. The maximum absolute atomic E-state index is 12.0. The van der Waals surface area contributed by atoms with Gasteiger partial charge in [-0.05, 0) is 29.8 Å². The van der Waals surface area contributed by atoms with Gasteiger partial charge in [-0.25, -0.2) is 4.79 Å². The summed E-state index contributed by atoms with van der Waals surface area (Å²) in [4.78, 5) is 17.6. The summed E-state index contributed by atoms with van der Waals surface area (Å²) in [7, 11) is 1.73. The number of pyridine rings is 1. The van der Waals surface area contributed by atoms with Crippen LogP contribution in [0.5, 0.6) is 0 Å². The zero-order valence-corrected chi connectivity index (χ0v) is 10.7. The standard InChI is InChI=1S/C14H16N4O/c1-18(10-11-4-3-7-16-9-11)14(19)17-13-6-2-5-12(15)8-13/h2-9H,10,15H2,1H3,(H,17,19). The molecule has 0 aliphatic carbocycles. The van der Waals surface area contributed by atoms with Crippen molar-refractivity contribution in [1.82, 2.24) is 9.88 Å². The maximum atomic E-state index is 12.0. The molecule has 5 nitrogen and oxygen atoms in total. The highest BCUT2D eigenvalue weighted by Crippen LogP contribution is 2.12. The quantitative estimate of drug-likeness (QED) is 0.828. The van der Waals surface area contributed by atoms with Crippen LogP contribution in [0.25, 0.3) is 0 Å². The number of benzene rings is 1. The predicted octanol–water partition coefficient (Wildman–Crippen LogP) is 2.33. The van der Waals surface area contributed by atoms with Crippen molar-refractivity contribution in [2.75, 3.05) is 18.1 Å². The highest BCUT2D eigenvalue weighted by atomic mass is 16.2. The smallest absolute Gasteiger partial charge is 0.321 e. The molecule has 1 aromatic heterocycles. The van der Waals surface area contributed by atoms with E-state index in [-0.39, 0.29) is 6.03 Å². The van der Waals surface area contributed by atoms with Crippen molar-refractivity contribution in [3.63, 3.8) is 0 Å². The molecule has 2 amide bonds. The highest BCUT2D eigenvalue weighted by molar-refractivity contribution is 5.89. The van der Waals surface area contributed by atoms with E-state index in [4.69, 9.17) is 5.73 Å². The van der Waals surface area contributed by atoms with Crippen molar-refractivity contribution in [1.29, 1.82) is 0 Å². The van der Waals surface area contributed by atoms with Crippen LogP contribution >= 0.6 is 0 Å². The Kier molecular flexibility index (Phi) is 3.97. The van der Waals surface area contributed by atoms with Crippen LogP contribution in [-0.4, -0.2) is 23.0 Å². The van der Waals surface area contributed by atoms with Gasteiger partial charge in [0.1, 0.15) is 0 Å². The van der Waals surface area contributed by atoms with Crippen LogP contribution in [0.1, 0.15) is 5.56 Å². The lowest BCUT2D eigenvalue weighted by atomic mass is 10.2. The number of nitrogen functional groups attached to an aromatic ring is 1. The molecule has 98 valence electrons. The second kappa shape index (κ2) is 5.86. The lowest BCUT2D eigenvalue weighted by molar-refractivity contribution is 0.220. The molecule has 0 bridgehead atoms. The Labute approximate surface area is 112 Å². The SMILES string of the molecule is CN(Cc1cccnc1)C(=O)Nc1cccc(N)c1. The van der Waals surface area contributed by atoms with E-state index in [2.05, 4.69) is 10.3 Å². The first-order valence-electron chi connectivity index (χ1n) is 5.92. The van der Waals surface area contributed by atoms with Crippen LogP contribution < -0.4 is 11.1 Å². The molecule has 2 rings (SSSR count). The first-order chi connectivity index (χ1) is 9.15. The van der Waals surface area contributed by atoms with Gasteiger partial charge in [-0.1, -0.05) is 12.1 Å². The Bertz CT molecular complexity index is 556. The van der Waals surface area contributed by atoms with E-state index < -0.39 is 0 Å². The number of nitrogens with zero attached hydrogens (tertiary/aromatic N) is 2. The summed E-state index contributed by atoms with van der Waals surface area (Å²) >= 11 is 0. The number of amides is 2. The number of aromatic nitrogens is 1. The van der Waals surface area contributed by atoms with Crippen molar-refractivity contribution >= 4 is 17.4 Å². The summed E-state index contributed by atoms with van der Waals surface area (Å²) in [6.07, 6.45) is 3.45. The number of hydrogen-bond donors (Lipinski definition) is 2. The van der Waals surface area contributed by atoms with Gasteiger partial charge >= 0.3 is 6.03 Å². The molecule has 0 unspecified atom stereocenters. The molecular formula is C14H16N4O. The fraction of sp³-hybridized carbons (Fsp3) is 0.143. The molecule has 3 N–H and O–H groups in total. The lowest BCUT2D eigenvalue weighted by Gasteiger charge is -2.18. The fourth-order valence-corrected chi connectivity index (χ4v) is 1.67. The number of carbonyl (C=O) groups excluding carboxylic acids is 1. The topological polar surface area (TPSA) is 71.2 Å². The number of anilines is 2. The average molecular weight is 256 g/mol. The zero-order valence-electron chi connectivity index (χ0n) is 10.7. The molecule has 0 saturated carbocycles. The van der Waals surface area contributed by atoms with Crippen LogP contribution in [0.4, 0.5) is 16.2 Å². The third-order valence-electron chi connectivity index (χ3n) is 2.63. The summed E-state index contributed by atoms with van der Waals surface area (Å²) in [6.45, 7) is 0.502. The maximum Gasteiger partial charge on any atom is 0.321 e. The van der Waals surface area contributed by atoms with E-state index in [1.54, 1.807) is 48.6 Å². The van der Waals surface area contributed by atoms with Gasteiger partial charge in [-0.3, -0.25) is 4.98 Å². The Hall–Kier alpha value is -2.56. The minimum absolute atomic E-state index is 0.186. The normalized spacial score (nSPS) is 9.95. The largest absolute Gasteiger partial charge is 0.399 e. The molecule has 0 radical (unpaired) electrons. The molecule has 0 aliphatic heterocycles. The molecule has 0 saturated heterocycles. The van der Waals surface area contributed by atoms with Gasteiger partial charge in [0.15, 0.2) is 0 Å². The van der Waals surface area contributed by atoms with E-state index in [1.165, 1.54) is 0 Å². The lowest BCUT2D eigenvalue weighted by Crippen LogP contribution is -2.30. The van der Waals surface area contributed by atoms with Gasteiger partial charge in [0.2, 0.25) is 0 Å². The number of nitrogens with one attached hydrogen (secondary N) is 1. The van der Waals surface area contributed by atoms with Crippen LogP contribution in [-0.2, 0) is 6.54 Å². The van der Waals surface area contributed by atoms with Crippen LogP contribution in [0.2, 0.25) is 0 Å². The highest BCUT2D eigenvalue weighted by Gasteiger charge is 2.09. The van der Waals surface area contributed by atoms with Gasteiger partial charge in [0.05, 0.1) is 0 Å². The van der Waals surface area contributed by atoms with Gasteiger partial charge in [0.25, 0.3) is 0 Å². The Morgan fingerprint density at radius 3 is 2.89 bits per heavy atom. The van der Waals surface area contributed by atoms with E-state index in [0.717, 1.165) is 5.56 Å². The van der Waals surface area contributed by atoms with Crippen LogP contribution in [0.3, 0.4) is 0 Å². The van der Waals surface area contributed by atoms with Gasteiger partial charge < -0.3 is 16.0 Å². The first-order valence-corrected chi connectivity index (χ1v) is 5.92. The summed E-state index contributed by atoms with van der Waals surface area (Å²) in [5.41, 5.74) is 7.94. The van der Waals surface area contributed by atoms with Crippen molar-refractivity contribution in [3.05, 3.63) is 54.4 Å². The number of carbonyl (C=O) groups is 1. The second-order valence-electron chi connectivity index (χ2n) is 4.27. The van der Waals surface area contributed by atoms with Gasteiger partial charge in [-0.2, -0.15) is 0 Å². The Balaban J connectivity index is 1.96. The Morgan fingerprint density at radius 1 is 1.37 bits per heavy atom. The number of nitrogens with two attached hydrogens (primary N) is 1. The van der Waals surface area contributed by atoms with Crippen molar-refractivity contribution in [2.24, 2.45) is 0 Å². The van der Waals surface area contributed by atoms with Crippen LogP contribution in [0.15, 0.2) is 48.8 Å². The molecular weight excluding hydrogens is 240 g/mol. The number of rotatable bonds is 3. The van der Waals surface area contributed by atoms with Crippen molar-refractivity contribution in [3.8, 4) is 0 Å². The summed E-state index contributed by atoms with van der Waals surface area (Å²) < 4.78 is 0. The molecule has 1 heterocycles. The number of urea groups is 1. The van der Waals surface area contributed by atoms with E-state index >= 15 is 0 Å².